The van der Waals surface area contributed by atoms with Crippen molar-refractivity contribution in [1.29, 1.82) is 0 Å². The molecule has 0 saturated heterocycles. The third-order valence-electron chi connectivity index (χ3n) is 2.82. The van der Waals surface area contributed by atoms with Crippen LogP contribution in [0.3, 0.4) is 0 Å². The van der Waals surface area contributed by atoms with Crippen molar-refractivity contribution in [3.63, 3.8) is 0 Å². The zero-order valence-electron chi connectivity index (χ0n) is 10.4. The Morgan fingerprint density at radius 3 is 2.68 bits per heavy atom. The Balaban J connectivity index is 2.23. The number of nitrogens with one attached hydrogen (secondary N) is 1. The Labute approximate surface area is 119 Å². The fraction of sp³-hybridized carbons (Fsp3) is 0.133. The normalized spacial score (nSPS) is 10.3. The highest BCUT2D eigenvalue weighted by atomic mass is 79.9. The maximum absolute atomic E-state index is 13.4. The quantitative estimate of drug-likeness (QED) is 0.891. The predicted octanol–water partition coefficient (Wildman–Crippen LogP) is 4.40. The molecule has 0 unspecified atom stereocenters. The van der Waals surface area contributed by atoms with Crippen molar-refractivity contribution in [1.82, 2.24) is 0 Å². The maximum Gasteiger partial charge on any atom is 0.255 e. The van der Waals surface area contributed by atoms with Crippen LogP contribution in [0.1, 0.15) is 22.8 Å². The molecule has 0 atom stereocenters. The lowest BCUT2D eigenvalue weighted by atomic mass is 10.0. The van der Waals surface area contributed by atoms with Crippen LogP contribution in [-0.4, -0.2) is 5.91 Å². The van der Waals surface area contributed by atoms with Crippen LogP contribution < -0.4 is 5.32 Å². The summed E-state index contributed by atoms with van der Waals surface area (Å²) in [6.45, 7) is 1.99. The SMILES string of the molecule is CCc1ccccc1C(=O)Nc1ccc(Br)c(F)c1. The number of amides is 1. The Hall–Kier alpha value is -1.68. The van der Waals surface area contributed by atoms with Crippen LogP contribution in [0.4, 0.5) is 10.1 Å². The first kappa shape index (κ1) is 13.7. The molecule has 4 heteroatoms. The minimum absolute atomic E-state index is 0.223. The minimum Gasteiger partial charge on any atom is -0.322 e. The standard InChI is InChI=1S/C15H13BrFNO/c1-2-10-5-3-4-6-12(10)15(19)18-11-7-8-13(16)14(17)9-11/h3-9H,2H2,1H3,(H,18,19). The molecule has 0 spiro atoms. The van der Waals surface area contributed by atoms with Gasteiger partial charge < -0.3 is 5.32 Å². The second-order valence-electron chi connectivity index (χ2n) is 4.09. The molecule has 0 heterocycles. The van der Waals surface area contributed by atoms with Gasteiger partial charge >= 0.3 is 0 Å². The van der Waals surface area contributed by atoms with E-state index in [1.54, 1.807) is 18.2 Å². The number of anilines is 1. The van der Waals surface area contributed by atoms with Crippen molar-refractivity contribution < 1.29 is 9.18 Å². The molecule has 1 amide bonds. The zero-order valence-corrected chi connectivity index (χ0v) is 12.0. The van der Waals surface area contributed by atoms with E-state index in [2.05, 4.69) is 21.2 Å². The molecule has 0 aromatic heterocycles. The van der Waals surface area contributed by atoms with Crippen molar-refractivity contribution in [3.8, 4) is 0 Å². The second-order valence-corrected chi connectivity index (χ2v) is 4.95. The fourth-order valence-corrected chi connectivity index (χ4v) is 2.07. The molecule has 0 saturated carbocycles. The van der Waals surface area contributed by atoms with E-state index in [-0.39, 0.29) is 5.91 Å². The molecule has 19 heavy (non-hydrogen) atoms. The van der Waals surface area contributed by atoms with E-state index in [1.807, 2.05) is 25.1 Å². The first-order valence-corrected chi connectivity index (χ1v) is 6.75. The summed E-state index contributed by atoms with van der Waals surface area (Å²) in [4.78, 5) is 12.1. The Morgan fingerprint density at radius 2 is 2.00 bits per heavy atom. The highest BCUT2D eigenvalue weighted by Gasteiger charge is 2.10. The van der Waals surface area contributed by atoms with Gasteiger partial charge in [0.2, 0.25) is 0 Å². The van der Waals surface area contributed by atoms with Gasteiger partial charge in [-0.1, -0.05) is 25.1 Å². The number of hydrogen-bond acceptors (Lipinski definition) is 1. The van der Waals surface area contributed by atoms with Crippen LogP contribution in [0.25, 0.3) is 0 Å². The van der Waals surface area contributed by atoms with Gasteiger partial charge in [-0.25, -0.2) is 4.39 Å². The highest BCUT2D eigenvalue weighted by Crippen LogP contribution is 2.20. The molecular weight excluding hydrogens is 309 g/mol. The van der Waals surface area contributed by atoms with Gasteiger partial charge in [0, 0.05) is 11.3 Å². The largest absolute Gasteiger partial charge is 0.322 e. The van der Waals surface area contributed by atoms with Crippen molar-refractivity contribution in [3.05, 3.63) is 63.9 Å². The van der Waals surface area contributed by atoms with E-state index >= 15 is 0 Å². The van der Waals surface area contributed by atoms with Gasteiger partial charge in [-0.3, -0.25) is 4.79 Å². The Bertz CT molecular complexity index is 613. The molecule has 1 N–H and O–H groups in total. The van der Waals surface area contributed by atoms with E-state index < -0.39 is 5.82 Å². The van der Waals surface area contributed by atoms with Gasteiger partial charge in [-0.05, 0) is 52.2 Å². The molecule has 2 nitrogen and oxygen atoms in total. The molecule has 0 aliphatic rings. The lowest BCUT2D eigenvalue weighted by Gasteiger charge is -2.09. The summed E-state index contributed by atoms with van der Waals surface area (Å²) in [5.74, 6) is -0.624. The number of rotatable bonds is 3. The summed E-state index contributed by atoms with van der Waals surface area (Å²) in [5, 5.41) is 2.70. The van der Waals surface area contributed by atoms with Crippen LogP contribution in [0.2, 0.25) is 0 Å². The summed E-state index contributed by atoms with van der Waals surface area (Å²) >= 11 is 3.08. The summed E-state index contributed by atoms with van der Waals surface area (Å²) in [7, 11) is 0. The zero-order chi connectivity index (χ0) is 13.8. The summed E-state index contributed by atoms with van der Waals surface area (Å²) in [5.41, 5.74) is 2.03. The van der Waals surface area contributed by atoms with Crippen molar-refractivity contribution in [2.24, 2.45) is 0 Å². The van der Waals surface area contributed by atoms with Crippen molar-refractivity contribution in [2.45, 2.75) is 13.3 Å². The van der Waals surface area contributed by atoms with E-state index in [1.165, 1.54) is 6.07 Å². The minimum atomic E-state index is -0.401. The molecule has 0 radical (unpaired) electrons. The van der Waals surface area contributed by atoms with Crippen molar-refractivity contribution >= 4 is 27.5 Å². The van der Waals surface area contributed by atoms with Crippen LogP contribution in [-0.2, 0) is 6.42 Å². The third kappa shape index (κ3) is 3.20. The molecule has 0 bridgehead atoms. The summed E-state index contributed by atoms with van der Waals surface area (Å²) in [6.07, 6.45) is 0.776. The van der Waals surface area contributed by atoms with Gasteiger partial charge in [0.25, 0.3) is 5.91 Å². The van der Waals surface area contributed by atoms with Crippen LogP contribution in [0.5, 0.6) is 0 Å². The lowest BCUT2D eigenvalue weighted by Crippen LogP contribution is -2.14. The third-order valence-corrected chi connectivity index (χ3v) is 3.46. The molecule has 0 aliphatic carbocycles. The van der Waals surface area contributed by atoms with Gasteiger partial charge in [-0.2, -0.15) is 0 Å². The summed E-state index contributed by atoms with van der Waals surface area (Å²) < 4.78 is 13.8. The molecule has 2 rings (SSSR count). The lowest BCUT2D eigenvalue weighted by molar-refractivity contribution is 0.102. The number of benzene rings is 2. The molecule has 0 fully saturated rings. The van der Waals surface area contributed by atoms with Crippen LogP contribution in [0.15, 0.2) is 46.9 Å². The maximum atomic E-state index is 13.4. The number of carbonyl (C=O) groups excluding carboxylic acids is 1. The Morgan fingerprint density at radius 1 is 1.26 bits per heavy atom. The first-order valence-electron chi connectivity index (χ1n) is 5.96. The highest BCUT2D eigenvalue weighted by molar-refractivity contribution is 9.10. The average molecular weight is 322 g/mol. The van der Waals surface area contributed by atoms with Crippen LogP contribution in [0, 0.1) is 5.82 Å². The number of carbonyl (C=O) groups is 1. The fourth-order valence-electron chi connectivity index (χ4n) is 1.82. The van der Waals surface area contributed by atoms with E-state index in [9.17, 15) is 9.18 Å². The monoisotopic (exact) mass is 321 g/mol. The smallest absolute Gasteiger partial charge is 0.255 e. The molecular formula is C15H13BrFNO. The number of aryl methyl sites for hydroxylation is 1. The van der Waals surface area contributed by atoms with Gasteiger partial charge in [0.15, 0.2) is 0 Å². The van der Waals surface area contributed by atoms with Gasteiger partial charge in [0.05, 0.1) is 4.47 Å². The topological polar surface area (TPSA) is 29.1 Å². The number of halogens is 2. The van der Waals surface area contributed by atoms with E-state index in [0.717, 1.165) is 12.0 Å². The van der Waals surface area contributed by atoms with E-state index in [4.69, 9.17) is 0 Å². The average Bonchev–Trinajstić information content (AvgIpc) is 2.43. The predicted molar refractivity (Wildman–Crippen MR) is 77.9 cm³/mol. The van der Waals surface area contributed by atoms with Crippen LogP contribution >= 0.6 is 15.9 Å². The molecule has 98 valence electrons. The van der Waals surface area contributed by atoms with Crippen molar-refractivity contribution in [2.75, 3.05) is 5.32 Å². The molecule has 2 aromatic carbocycles. The first-order chi connectivity index (χ1) is 9.11. The van der Waals surface area contributed by atoms with E-state index in [0.29, 0.717) is 15.7 Å². The van der Waals surface area contributed by atoms with Gasteiger partial charge in [-0.15, -0.1) is 0 Å². The van der Waals surface area contributed by atoms with Gasteiger partial charge in [0.1, 0.15) is 5.82 Å². The summed E-state index contributed by atoms with van der Waals surface area (Å²) in [6, 6.07) is 11.9. The molecule has 0 aliphatic heterocycles. The second kappa shape index (κ2) is 5.97. The molecule has 2 aromatic rings. The Kier molecular flexibility index (Phi) is 4.32. The number of hydrogen-bond donors (Lipinski definition) is 1.